The van der Waals surface area contributed by atoms with Gasteiger partial charge in [0.2, 0.25) is 0 Å². The molecule has 2 aromatic rings. The summed E-state index contributed by atoms with van der Waals surface area (Å²) in [6.45, 7) is 0. The van der Waals surface area contributed by atoms with Gasteiger partial charge in [0.1, 0.15) is 5.75 Å². The molecule has 20 heavy (non-hydrogen) atoms. The van der Waals surface area contributed by atoms with E-state index >= 15 is 0 Å². The molecule has 0 heterocycles. The summed E-state index contributed by atoms with van der Waals surface area (Å²) in [4.78, 5) is 0. The SMILES string of the molecule is NC(Cc1ccc(O)cc1)c1cccc(C(F)(F)F)c1. The topological polar surface area (TPSA) is 46.2 Å². The van der Waals surface area contributed by atoms with Crippen LogP contribution in [-0.2, 0) is 12.6 Å². The number of nitrogens with two attached hydrogens (primary N) is 1. The van der Waals surface area contributed by atoms with Gasteiger partial charge in [0, 0.05) is 6.04 Å². The summed E-state index contributed by atoms with van der Waals surface area (Å²) in [6.07, 6.45) is -3.96. The molecular formula is C15H14F3NO. The number of alkyl halides is 3. The zero-order valence-corrected chi connectivity index (χ0v) is 10.6. The molecule has 106 valence electrons. The third-order valence-electron chi connectivity index (χ3n) is 3.03. The van der Waals surface area contributed by atoms with E-state index in [1.54, 1.807) is 18.2 Å². The second-order valence-electron chi connectivity index (χ2n) is 4.60. The van der Waals surface area contributed by atoms with Gasteiger partial charge in [0.05, 0.1) is 5.56 Å². The van der Waals surface area contributed by atoms with Gasteiger partial charge < -0.3 is 10.8 Å². The summed E-state index contributed by atoms with van der Waals surface area (Å²) in [5, 5.41) is 9.18. The Labute approximate surface area is 114 Å². The largest absolute Gasteiger partial charge is 0.508 e. The number of aromatic hydroxyl groups is 1. The van der Waals surface area contributed by atoms with Gasteiger partial charge in [-0.1, -0.05) is 24.3 Å². The highest BCUT2D eigenvalue weighted by atomic mass is 19.4. The molecule has 0 saturated heterocycles. The fraction of sp³-hybridized carbons (Fsp3) is 0.200. The van der Waals surface area contributed by atoms with Crippen LogP contribution < -0.4 is 5.73 Å². The van der Waals surface area contributed by atoms with Gasteiger partial charge in [0.25, 0.3) is 0 Å². The van der Waals surface area contributed by atoms with Gasteiger partial charge >= 0.3 is 6.18 Å². The highest BCUT2D eigenvalue weighted by Gasteiger charge is 2.30. The van der Waals surface area contributed by atoms with Crippen molar-refractivity contribution in [3.8, 4) is 5.75 Å². The van der Waals surface area contributed by atoms with Crippen LogP contribution in [0.2, 0.25) is 0 Å². The predicted molar refractivity (Wildman–Crippen MR) is 70.2 cm³/mol. The lowest BCUT2D eigenvalue weighted by Crippen LogP contribution is -2.15. The molecule has 0 aliphatic carbocycles. The van der Waals surface area contributed by atoms with Crippen LogP contribution in [0.15, 0.2) is 48.5 Å². The van der Waals surface area contributed by atoms with Crippen LogP contribution in [0.1, 0.15) is 22.7 Å². The summed E-state index contributed by atoms with van der Waals surface area (Å²) >= 11 is 0. The summed E-state index contributed by atoms with van der Waals surface area (Å²) in [6, 6.07) is 11.0. The minimum absolute atomic E-state index is 0.140. The average Bonchev–Trinajstić information content (AvgIpc) is 2.40. The smallest absolute Gasteiger partial charge is 0.416 e. The molecule has 1 unspecified atom stereocenters. The minimum atomic E-state index is -4.37. The first-order valence-electron chi connectivity index (χ1n) is 6.07. The quantitative estimate of drug-likeness (QED) is 0.902. The molecule has 0 aliphatic heterocycles. The standard InChI is InChI=1S/C15H14F3NO/c16-15(17,18)12-3-1-2-11(9-12)14(19)8-10-4-6-13(20)7-5-10/h1-7,9,14,20H,8,19H2. The van der Waals surface area contributed by atoms with E-state index in [4.69, 9.17) is 5.73 Å². The molecule has 2 rings (SSSR count). The third-order valence-corrected chi connectivity index (χ3v) is 3.03. The van der Waals surface area contributed by atoms with Crippen molar-refractivity contribution in [2.45, 2.75) is 18.6 Å². The van der Waals surface area contributed by atoms with Crippen molar-refractivity contribution in [3.05, 3.63) is 65.2 Å². The molecule has 0 saturated carbocycles. The van der Waals surface area contributed by atoms with Crippen LogP contribution in [-0.4, -0.2) is 5.11 Å². The van der Waals surface area contributed by atoms with E-state index in [0.29, 0.717) is 12.0 Å². The monoisotopic (exact) mass is 281 g/mol. The fourth-order valence-corrected chi connectivity index (χ4v) is 1.95. The van der Waals surface area contributed by atoms with E-state index in [-0.39, 0.29) is 5.75 Å². The van der Waals surface area contributed by atoms with E-state index < -0.39 is 17.8 Å². The Kier molecular flexibility index (Phi) is 3.99. The number of halogens is 3. The molecule has 0 spiro atoms. The van der Waals surface area contributed by atoms with Gasteiger partial charge in [-0.05, 0) is 41.8 Å². The molecule has 0 amide bonds. The summed E-state index contributed by atoms with van der Waals surface area (Å²) < 4.78 is 37.9. The van der Waals surface area contributed by atoms with Crippen molar-refractivity contribution in [2.75, 3.05) is 0 Å². The molecule has 3 N–H and O–H groups in total. The summed E-state index contributed by atoms with van der Waals surface area (Å²) in [5.41, 5.74) is 6.54. The zero-order chi connectivity index (χ0) is 14.8. The van der Waals surface area contributed by atoms with Crippen molar-refractivity contribution >= 4 is 0 Å². The average molecular weight is 281 g/mol. The molecule has 0 aliphatic rings. The van der Waals surface area contributed by atoms with Crippen molar-refractivity contribution in [1.29, 1.82) is 0 Å². The Morgan fingerprint density at radius 3 is 2.30 bits per heavy atom. The van der Waals surface area contributed by atoms with E-state index in [1.165, 1.54) is 18.2 Å². The molecule has 0 bridgehead atoms. The lowest BCUT2D eigenvalue weighted by atomic mass is 9.98. The maximum Gasteiger partial charge on any atom is 0.416 e. The Bertz CT molecular complexity index is 578. The maximum absolute atomic E-state index is 12.6. The van der Waals surface area contributed by atoms with E-state index in [2.05, 4.69) is 0 Å². The second-order valence-corrected chi connectivity index (χ2v) is 4.60. The van der Waals surface area contributed by atoms with E-state index in [0.717, 1.165) is 17.7 Å². The van der Waals surface area contributed by atoms with Crippen LogP contribution in [0.5, 0.6) is 5.75 Å². The maximum atomic E-state index is 12.6. The first-order valence-corrected chi connectivity index (χ1v) is 6.07. The lowest BCUT2D eigenvalue weighted by molar-refractivity contribution is -0.137. The van der Waals surface area contributed by atoms with Crippen molar-refractivity contribution < 1.29 is 18.3 Å². The minimum Gasteiger partial charge on any atom is -0.508 e. The zero-order valence-electron chi connectivity index (χ0n) is 10.6. The molecular weight excluding hydrogens is 267 g/mol. The number of hydrogen-bond acceptors (Lipinski definition) is 2. The van der Waals surface area contributed by atoms with Crippen LogP contribution in [0.4, 0.5) is 13.2 Å². The number of phenols is 1. The molecule has 0 aromatic heterocycles. The lowest BCUT2D eigenvalue weighted by Gasteiger charge is -2.14. The normalized spacial score (nSPS) is 13.2. The highest BCUT2D eigenvalue weighted by molar-refractivity contribution is 5.31. The molecule has 0 radical (unpaired) electrons. The van der Waals surface area contributed by atoms with Crippen LogP contribution in [0, 0.1) is 0 Å². The molecule has 2 aromatic carbocycles. The van der Waals surface area contributed by atoms with Gasteiger partial charge in [-0.15, -0.1) is 0 Å². The highest BCUT2D eigenvalue weighted by Crippen LogP contribution is 2.31. The number of phenolic OH excluding ortho intramolecular Hbond substituents is 1. The van der Waals surface area contributed by atoms with Crippen LogP contribution in [0.3, 0.4) is 0 Å². The third kappa shape index (κ3) is 3.51. The van der Waals surface area contributed by atoms with E-state index in [1.807, 2.05) is 0 Å². The Hall–Kier alpha value is -2.01. The Morgan fingerprint density at radius 2 is 1.70 bits per heavy atom. The van der Waals surface area contributed by atoms with Crippen molar-refractivity contribution in [3.63, 3.8) is 0 Å². The molecule has 5 heteroatoms. The van der Waals surface area contributed by atoms with Crippen LogP contribution >= 0.6 is 0 Å². The van der Waals surface area contributed by atoms with Gasteiger partial charge in [-0.3, -0.25) is 0 Å². The van der Waals surface area contributed by atoms with Gasteiger partial charge in [0.15, 0.2) is 0 Å². The van der Waals surface area contributed by atoms with Gasteiger partial charge in [-0.2, -0.15) is 13.2 Å². The first kappa shape index (κ1) is 14.4. The molecule has 2 nitrogen and oxygen atoms in total. The van der Waals surface area contributed by atoms with Crippen molar-refractivity contribution in [1.82, 2.24) is 0 Å². The molecule has 0 fully saturated rings. The van der Waals surface area contributed by atoms with Crippen LogP contribution in [0.25, 0.3) is 0 Å². The first-order chi connectivity index (χ1) is 9.36. The summed E-state index contributed by atoms with van der Waals surface area (Å²) in [5.74, 6) is 0.140. The Morgan fingerprint density at radius 1 is 1.05 bits per heavy atom. The second kappa shape index (κ2) is 5.54. The predicted octanol–water partition coefficient (Wildman–Crippen LogP) is 3.65. The number of rotatable bonds is 3. The van der Waals surface area contributed by atoms with Crippen molar-refractivity contribution in [2.24, 2.45) is 5.73 Å². The molecule has 1 atom stereocenters. The van der Waals surface area contributed by atoms with Gasteiger partial charge in [-0.25, -0.2) is 0 Å². The fourth-order valence-electron chi connectivity index (χ4n) is 1.95. The summed E-state index contributed by atoms with van der Waals surface area (Å²) in [7, 11) is 0. The Balaban J connectivity index is 2.17. The number of benzene rings is 2. The van der Waals surface area contributed by atoms with E-state index in [9.17, 15) is 18.3 Å². The number of hydrogen-bond donors (Lipinski definition) is 2.